The third-order valence-corrected chi connectivity index (χ3v) is 6.61. The molecule has 0 unspecified atom stereocenters. The Morgan fingerprint density at radius 3 is 2.21 bits per heavy atom. The lowest BCUT2D eigenvalue weighted by Crippen LogP contribution is -2.29. The Kier molecular flexibility index (Phi) is 6.71. The van der Waals surface area contributed by atoms with Gasteiger partial charge < -0.3 is 18.8 Å². The van der Waals surface area contributed by atoms with Crippen LogP contribution in [0, 0.1) is 0 Å². The van der Waals surface area contributed by atoms with Crippen LogP contribution in [0.3, 0.4) is 0 Å². The smallest absolute Gasteiger partial charge is 0.203 e. The van der Waals surface area contributed by atoms with Crippen molar-refractivity contribution in [3.05, 3.63) is 77.1 Å². The lowest BCUT2D eigenvalue weighted by atomic mass is 9.86. The van der Waals surface area contributed by atoms with E-state index in [1.165, 1.54) is 16.8 Å². The van der Waals surface area contributed by atoms with E-state index in [0.717, 1.165) is 37.4 Å². The first kappa shape index (κ1) is 23.2. The predicted octanol–water partition coefficient (Wildman–Crippen LogP) is 5.81. The van der Waals surface area contributed by atoms with Crippen LogP contribution in [0.25, 0.3) is 0 Å². The first-order valence-corrected chi connectivity index (χ1v) is 11.6. The monoisotopic (exact) mass is 448 g/mol. The molecule has 1 aliphatic heterocycles. The average molecular weight is 449 g/mol. The number of fused-ring (bicyclic) bond motifs is 1. The second kappa shape index (κ2) is 9.52. The van der Waals surface area contributed by atoms with Crippen LogP contribution in [0.5, 0.6) is 17.2 Å². The summed E-state index contributed by atoms with van der Waals surface area (Å²) in [6, 6.07) is 17.8. The molecule has 0 amide bonds. The number of methoxy groups -OCH3 is 3. The van der Waals surface area contributed by atoms with Gasteiger partial charge in [-0.3, -0.25) is 4.90 Å². The number of ether oxygens (including phenoxy) is 3. The Morgan fingerprint density at radius 1 is 0.848 bits per heavy atom. The van der Waals surface area contributed by atoms with E-state index in [1.807, 2.05) is 6.07 Å². The molecule has 0 spiro atoms. The fourth-order valence-electron chi connectivity index (χ4n) is 4.86. The number of nitrogens with zero attached hydrogens (tertiary/aromatic N) is 2. The Morgan fingerprint density at radius 2 is 1.58 bits per heavy atom. The molecule has 0 saturated carbocycles. The summed E-state index contributed by atoms with van der Waals surface area (Å²) in [7, 11) is 5.00. The van der Waals surface area contributed by atoms with Crippen molar-refractivity contribution in [3.63, 3.8) is 0 Å². The molecular formula is C28H36N2O3. The summed E-state index contributed by atoms with van der Waals surface area (Å²) >= 11 is 0. The van der Waals surface area contributed by atoms with Gasteiger partial charge in [0.15, 0.2) is 11.5 Å². The summed E-state index contributed by atoms with van der Waals surface area (Å²) in [6.45, 7) is 9.54. The van der Waals surface area contributed by atoms with Crippen LogP contribution >= 0.6 is 0 Å². The molecule has 2 heterocycles. The van der Waals surface area contributed by atoms with Gasteiger partial charge in [-0.25, -0.2) is 0 Å². The van der Waals surface area contributed by atoms with E-state index in [-0.39, 0.29) is 11.5 Å². The topological polar surface area (TPSA) is 35.9 Å². The highest BCUT2D eigenvalue weighted by Gasteiger charge is 2.29. The molecule has 1 aliphatic rings. The van der Waals surface area contributed by atoms with Gasteiger partial charge in [-0.2, -0.15) is 0 Å². The lowest BCUT2D eigenvalue weighted by molar-refractivity contribution is 0.216. The van der Waals surface area contributed by atoms with Gasteiger partial charge in [-0.15, -0.1) is 0 Å². The van der Waals surface area contributed by atoms with Crippen LogP contribution in [-0.4, -0.2) is 37.3 Å². The van der Waals surface area contributed by atoms with Crippen molar-refractivity contribution < 1.29 is 14.2 Å². The molecule has 0 bridgehead atoms. The summed E-state index contributed by atoms with van der Waals surface area (Å²) in [5, 5.41) is 0. The number of hydrogen-bond donors (Lipinski definition) is 0. The molecule has 33 heavy (non-hydrogen) atoms. The van der Waals surface area contributed by atoms with E-state index >= 15 is 0 Å². The average Bonchev–Trinajstić information content (AvgIpc) is 3.19. The molecule has 0 fully saturated rings. The standard InChI is InChI=1S/C28H36N2O3/c1-28(2,3)22-13-10-20(11-14-22)25-23-9-7-16-29(23)17-8-18-30(25)19-21-12-15-24(31-4)27(33-6)26(21)32-5/h7,9-16,25H,8,17-19H2,1-6H3/t25-/m0/s1. The number of aryl methyl sites for hydroxylation is 1. The van der Waals surface area contributed by atoms with Crippen LogP contribution in [0.1, 0.15) is 55.6 Å². The zero-order valence-corrected chi connectivity index (χ0v) is 20.7. The number of rotatable bonds is 6. The molecule has 3 aromatic rings. The minimum Gasteiger partial charge on any atom is -0.493 e. The molecule has 4 rings (SSSR count). The normalized spacial score (nSPS) is 16.7. The van der Waals surface area contributed by atoms with Crippen molar-refractivity contribution in [1.82, 2.24) is 9.47 Å². The minimum atomic E-state index is 0.134. The van der Waals surface area contributed by atoms with E-state index in [0.29, 0.717) is 11.5 Å². The summed E-state index contributed by atoms with van der Waals surface area (Å²) < 4.78 is 19.3. The molecule has 2 aromatic carbocycles. The summed E-state index contributed by atoms with van der Waals surface area (Å²) in [5.74, 6) is 2.05. The van der Waals surface area contributed by atoms with Gasteiger partial charge in [0.25, 0.3) is 0 Å². The van der Waals surface area contributed by atoms with Crippen LogP contribution in [0.2, 0.25) is 0 Å². The van der Waals surface area contributed by atoms with Gasteiger partial charge in [0.2, 0.25) is 5.75 Å². The first-order chi connectivity index (χ1) is 15.9. The Labute approximate surface area is 197 Å². The highest BCUT2D eigenvalue weighted by atomic mass is 16.5. The quantitative estimate of drug-likeness (QED) is 0.477. The van der Waals surface area contributed by atoms with E-state index in [9.17, 15) is 0 Å². The van der Waals surface area contributed by atoms with Crippen molar-refractivity contribution in [2.24, 2.45) is 0 Å². The van der Waals surface area contributed by atoms with Gasteiger partial charge >= 0.3 is 0 Å². The maximum atomic E-state index is 5.79. The van der Waals surface area contributed by atoms with Gasteiger partial charge in [0, 0.05) is 37.1 Å². The van der Waals surface area contributed by atoms with Crippen molar-refractivity contribution in [2.45, 2.75) is 51.7 Å². The predicted molar refractivity (Wildman–Crippen MR) is 133 cm³/mol. The zero-order valence-electron chi connectivity index (χ0n) is 20.7. The van der Waals surface area contributed by atoms with Crippen LogP contribution in [0.4, 0.5) is 0 Å². The van der Waals surface area contributed by atoms with Gasteiger partial charge in [-0.05, 0) is 41.2 Å². The van der Waals surface area contributed by atoms with E-state index in [4.69, 9.17) is 14.2 Å². The second-order valence-corrected chi connectivity index (χ2v) is 9.72. The molecular weight excluding hydrogens is 412 g/mol. The molecule has 0 saturated heterocycles. The summed E-state index contributed by atoms with van der Waals surface area (Å²) in [6.07, 6.45) is 3.29. The van der Waals surface area contributed by atoms with E-state index in [2.05, 4.69) is 78.9 Å². The van der Waals surface area contributed by atoms with Crippen molar-refractivity contribution in [2.75, 3.05) is 27.9 Å². The molecule has 1 atom stereocenters. The maximum Gasteiger partial charge on any atom is 0.203 e. The van der Waals surface area contributed by atoms with Crippen LogP contribution in [0.15, 0.2) is 54.7 Å². The number of aromatic nitrogens is 1. The highest BCUT2D eigenvalue weighted by molar-refractivity contribution is 5.55. The fraction of sp³-hybridized carbons (Fsp3) is 0.429. The molecule has 0 N–H and O–H groups in total. The molecule has 176 valence electrons. The van der Waals surface area contributed by atoms with Crippen LogP contribution < -0.4 is 14.2 Å². The number of benzene rings is 2. The summed E-state index contributed by atoms with van der Waals surface area (Å²) in [4.78, 5) is 2.55. The molecule has 1 aromatic heterocycles. The number of hydrogen-bond acceptors (Lipinski definition) is 4. The maximum absolute atomic E-state index is 5.79. The van der Waals surface area contributed by atoms with Crippen LogP contribution in [-0.2, 0) is 18.5 Å². The molecule has 5 nitrogen and oxygen atoms in total. The van der Waals surface area contributed by atoms with E-state index in [1.54, 1.807) is 21.3 Å². The molecule has 0 aliphatic carbocycles. The second-order valence-electron chi connectivity index (χ2n) is 9.72. The summed E-state index contributed by atoms with van der Waals surface area (Å²) in [5.41, 5.74) is 5.21. The van der Waals surface area contributed by atoms with Gasteiger partial charge in [-0.1, -0.05) is 51.1 Å². The largest absolute Gasteiger partial charge is 0.493 e. The SMILES string of the molecule is COc1ccc(CN2CCCn3cccc3[C@@H]2c2ccc(C(C)(C)C)cc2)c(OC)c1OC. The molecule has 0 radical (unpaired) electrons. The third kappa shape index (κ3) is 4.60. The Balaban J connectivity index is 1.75. The minimum absolute atomic E-state index is 0.134. The lowest BCUT2D eigenvalue weighted by Gasteiger charge is -2.32. The van der Waals surface area contributed by atoms with E-state index < -0.39 is 0 Å². The highest BCUT2D eigenvalue weighted by Crippen LogP contribution is 2.42. The van der Waals surface area contributed by atoms with Crippen molar-refractivity contribution in [1.29, 1.82) is 0 Å². The van der Waals surface area contributed by atoms with Crippen molar-refractivity contribution >= 4 is 0 Å². The third-order valence-electron chi connectivity index (χ3n) is 6.61. The Bertz CT molecular complexity index is 1080. The van der Waals surface area contributed by atoms with Crippen molar-refractivity contribution in [3.8, 4) is 17.2 Å². The Hall–Kier alpha value is -2.92. The molecule has 5 heteroatoms. The fourth-order valence-corrected chi connectivity index (χ4v) is 4.86. The zero-order chi connectivity index (χ0) is 23.6. The van der Waals surface area contributed by atoms with Gasteiger partial charge in [0.1, 0.15) is 0 Å². The van der Waals surface area contributed by atoms with Gasteiger partial charge in [0.05, 0.1) is 27.4 Å². The first-order valence-electron chi connectivity index (χ1n) is 11.6.